The van der Waals surface area contributed by atoms with Crippen LogP contribution in [-0.4, -0.2) is 12.0 Å². The molecule has 0 aliphatic carbocycles. The van der Waals surface area contributed by atoms with E-state index in [1.165, 1.54) is 19.2 Å². The van der Waals surface area contributed by atoms with E-state index >= 15 is 0 Å². The van der Waals surface area contributed by atoms with Crippen LogP contribution < -0.4 is 4.74 Å². The van der Waals surface area contributed by atoms with E-state index in [0.717, 1.165) is 5.76 Å². The van der Waals surface area contributed by atoms with Gasteiger partial charge in [0.25, 0.3) is 0 Å². The van der Waals surface area contributed by atoms with Crippen molar-refractivity contribution in [2.24, 2.45) is 0 Å². The van der Waals surface area contributed by atoms with Gasteiger partial charge < -0.3 is 9.15 Å². The van der Waals surface area contributed by atoms with E-state index in [1.54, 1.807) is 6.07 Å². The number of nitro benzene ring substituents is 1. The molecule has 5 nitrogen and oxygen atoms in total. The summed E-state index contributed by atoms with van der Waals surface area (Å²) in [6.07, 6.45) is 0. The highest BCUT2D eigenvalue weighted by Gasteiger charge is 2.17. The van der Waals surface area contributed by atoms with E-state index in [0.29, 0.717) is 16.3 Å². The molecule has 0 saturated carbocycles. The largest absolute Gasteiger partial charge is 0.490 e. The van der Waals surface area contributed by atoms with Crippen LogP contribution in [0.25, 0.3) is 11.0 Å². The molecule has 1 aromatic carbocycles. The Kier molecular flexibility index (Phi) is 2.82. The van der Waals surface area contributed by atoms with Gasteiger partial charge in [-0.25, -0.2) is 0 Å². The Labute approximate surface area is 99.3 Å². The smallest absolute Gasteiger partial charge is 0.311 e. The lowest BCUT2D eigenvalue weighted by Crippen LogP contribution is -1.92. The van der Waals surface area contributed by atoms with Gasteiger partial charge in [-0.1, -0.05) is 15.9 Å². The van der Waals surface area contributed by atoms with Gasteiger partial charge in [0, 0.05) is 17.5 Å². The molecule has 0 N–H and O–H groups in total. The molecular weight excluding hydrogens is 278 g/mol. The van der Waals surface area contributed by atoms with Crippen LogP contribution in [0.1, 0.15) is 5.76 Å². The molecule has 0 atom stereocenters. The first-order valence-corrected chi connectivity index (χ1v) is 5.58. The van der Waals surface area contributed by atoms with Gasteiger partial charge in [-0.15, -0.1) is 0 Å². The zero-order valence-corrected chi connectivity index (χ0v) is 9.98. The Balaban J connectivity index is 2.67. The van der Waals surface area contributed by atoms with Crippen molar-refractivity contribution < 1.29 is 14.1 Å². The van der Waals surface area contributed by atoms with Gasteiger partial charge in [0.2, 0.25) is 5.75 Å². The quantitative estimate of drug-likeness (QED) is 0.493. The van der Waals surface area contributed by atoms with E-state index in [1.807, 2.05) is 0 Å². The van der Waals surface area contributed by atoms with Gasteiger partial charge in [-0.3, -0.25) is 10.1 Å². The predicted octanol–water partition coefficient (Wildman–Crippen LogP) is 3.24. The fraction of sp³-hybridized carbons (Fsp3) is 0.200. The summed E-state index contributed by atoms with van der Waals surface area (Å²) in [7, 11) is 1.39. The van der Waals surface area contributed by atoms with Crippen molar-refractivity contribution in [2.75, 3.05) is 7.11 Å². The number of furan rings is 1. The molecule has 0 bridgehead atoms. The molecule has 0 aliphatic rings. The summed E-state index contributed by atoms with van der Waals surface area (Å²) in [5, 5.41) is 12.0. The molecule has 0 aliphatic heterocycles. The minimum Gasteiger partial charge on any atom is -0.490 e. The molecular formula is C10H8BrNO4. The van der Waals surface area contributed by atoms with Crippen molar-refractivity contribution in [3.63, 3.8) is 0 Å². The van der Waals surface area contributed by atoms with Crippen molar-refractivity contribution in [2.45, 2.75) is 5.33 Å². The highest BCUT2D eigenvalue weighted by atomic mass is 79.9. The molecule has 0 spiro atoms. The molecule has 0 amide bonds. The lowest BCUT2D eigenvalue weighted by atomic mass is 10.2. The normalized spacial score (nSPS) is 10.6. The van der Waals surface area contributed by atoms with Crippen molar-refractivity contribution in [1.82, 2.24) is 0 Å². The summed E-state index contributed by atoms with van der Waals surface area (Å²) >= 11 is 3.26. The van der Waals surface area contributed by atoms with Gasteiger partial charge in [-0.2, -0.15) is 0 Å². The first-order chi connectivity index (χ1) is 7.65. The fourth-order valence-corrected chi connectivity index (χ4v) is 1.76. The Morgan fingerprint density at radius 3 is 2.81 bits per heavy atom. The van der Waals surface area contributed by atoms with Crippen LogP contribution >= 0.6 is 15.9 Å². The summed E-state index contributed by atoms with van der Waals surface area (Å²) in [6, 6.07) is 4.74. The maximum absolute atomic E-state index is 10.8. The lowest BCUT2D eigenvalue weighted by molar-refractivity contribution is -0.385. The van der Waals surface area contributed by atoms with E-state index < -0.39 is 4.92 Å². The van der Waals surface area contributed by atoms with Crippen LogP contribution in [0.5, 0.6) is 5.75 Å². The highest BCUT2D eigenvalue weighted by molar-refractivity contribution is 9.08. The second kappa shape index (κ2) is 4.13. The molecule has 0 fully saturated rings. The van der Waals surface area contributed by atoms with Gasteiger partial charge in [-0.05, 0) is 6.07 Å². The molecule has 2 aromatic rings. The summed E-state index contributed by atoms with van der Waals surface area (Å²) in [5.74, 6) is 0.922. The van der Waals surface area contributed by atoms with Gasteiger partial charge in [0.15, 0.2) is 0 Å². The Bertz CT molecular complexity index is 549. The standard InChI is InChI=1S/C10H8BrNO4/c1-15-10-4-9-6(2-7(5-11)16-9)3-8(10)12(13)14/h2-4H,5H2,1H3. The van der Waals surface area contributed by atoms with Crippen LogP contribution in [-0.2, 0) is 5.33 Å². The molecule has 0 saturated heterocycles. The van der Waals surface area contributed by atoms with Gasteiger partial charge in [0.1, 0.15) is 11.3 Å². The molecule has 1 heterocycles. The van der Waals surface area contributed by atoms with E-state index in [9.17, 15) is 10.1 Å². The Morgan fingerprint density at radius 2 is 2.25 bits per heavy atom. The third-order valence-corrected chi connectivity index (χ3v) is 2.75. The number of benzene rings is 1. The van der Waals surface area contributed by atoms with Crippen molar-refractivity contribution in [3.05, 3.63) is 34.1 Å². The molecule has 0 radical (unpaired) electrons. The minimum absolute atomic E-state index is 0.0584. The van der Waals surface area contributed by atoms with Crippen molar-refractivity contribution >= 4 is 32.6 Å². The van der Waals surface area contributed by atoms with Crippen LogP contribution in [0.15, 0.2) is 22.6 Å². The third kappa shape index (κ3) is 1.76. The number of rotatable bonds is 3. The molecule has 0 unspecified atom stereocenters. The Morgan fingerprint density at radius 1 is 1.50 bits per heavy atom. The molecule has 2 rings (SSSR count). The highest BCUT2D eigenvalue weighted by Crippen LogP contribution is 2.33. The monoisotopic (exact) mass is 285 g/mol. The topological polar surface area (TPSA) is 65.5 Å². The van der Waals surface area contributed by atoms with Crippen LogP contribution in [0, 0.1) is 10.1 Å². The summed E-state index contributed by atoms with van der Waals surface area (Å²) in [4.78, 5) is 10.3. The maximum atomic E-state index is 10.8. The average molecular weight is 286 g/mol. The number of hydrogen-bond acceptors (Lipinski definition) is 4. The number of ether oxygens (including phenoxy) is 1. The molecule has 6 heteroatoms. The summed E-state index contributed by atoms with van der Waals surface area (Å²) < 4.78 is 10.4. The number of halogens is 1. The number of nitrogens with zero attached hydrogens (tertiary/aromatic N) is 1. The van der Waals surface area contributed by atoms with Crippen molar-refractivity contribution in [1.29, 1.82) is 0 Å². The second-order valence-corrected chi connectivity index (χ2v) is 3.73. The lowest BCUT2D eigenvalue weighted by Gasteiger charge is -2.00. The number of methoxy groups -OCH3 is 1. The average Bonchev–Trinajstić information content (AvgIpc) is 2.68. The van der Waals surface area contributed by atoms with Gasteiger partial charge >= 0.3 is 5.69 Å². The second-order valence-electron chi connectivity index (χ2n) is 3.17. The molecule has 1 aromatic heterocycles. The fourth-order valence-electron chi connectivity index (χ4n) is 1.48. The minimum atomic E-state index is -0.473. The number of nitro groups is 1. The van der Waals surface area contributed by atoms with E-state index in [2.05, 4.69) is 15.9 Å². The predicted molar refractivity (Wildman–Crippen MR) is 62.1 cm³/mol. The number of alkyl halides is 1. The summed E-state index contributed by atoms with van der Waals surface area (Å²) in [5.41, 5.74) is 0.522. The van der Waals surface area contributed by atoms with Crippen molar-refractivity contribution in [3.8, 4) is 5.75 Å². The zero-order valence-electron chi connectivity index (χ0n) is 8.40. The number of fused-ring (bicyclic) bond motifs is 1. The van der Waals surface area contributed by atoms with E-state index in [-0.39, 0.29) is 11.4 Å². The van der Waals surface area contributed by atoms with Gasteiger partial charge in [0.05, 0.1) is 17.4 Å². The number of hydrogen-bond donors (Lipinski definition) is 0. The van der Waals surface area contributed by atoms with Crippen LogP contribution in [0.2, 0.25) is 0 Å². The third-order valence-electron chi connectivity index (χ3n) is 2.20. The maximum Gasteiger partial charge on any atom is 0.311 e. The SMILES string of the molecule is COc1cc2oc(CBr)cc2cc1[N+](=O)[O-]. The Hall–Kier alpha value is -1.56. The van der Waals surface area contributed by atoms with Crippen LogP contribution in [0.3, 0.4) is 0 Å². The first kappa shape index (κ1) is 10.9. The van der Waals surface area contributed by atoms with Crippen LogP contribution in [0.4, 0.5) is 5.69 Å². The first-order valence-electron chi connectivity index (χ1n) is 4.46. The zero-order chi connectivity index (χ0) is 11.7. The van der Waals surface area contributed by atoms with E-state index in [4.69, 9.17) is 9.15 Å². The molecule has 16 heavy (non-hydrogen) atoms. The molecule has 84 valence electrons. The summed E-state index contributed by atoms with van der Waals surface area (Å²) in [6.45, 7) is 0.